The van der Waals surface area contributed by atoms with E-state index in [1.54, 1.807) is 12.1 Å². The highest BCUT2D eigenvalue weighted by Crippen LogP contribution is 2.22. The second-order valence-corrected chi connectivity index (χ2v) is 4.40. The second-order valence-electron chi connectivity index (χ2n) is 4.40. The van der Waals surface area contributed by atoms with Crippen molar-refractivity contribution in [1.29, 1.82) is 0 Å². The van der Waals surface area contributed by atoms with Crippen LogP contribution < -0.4 is 10.1 Å². The molecule has 3 aromatic rings. The summed E-state index contributed by atoms with van der Waals surface area (Å²) in [6, 6.07) is 6.07. The van der Waals surface area contributed by atoms with Crippen molar-refractivity contribution in [2.75, 3.05) is 19.0 Å². The topological polar surface area (TPSA) is 85.7 Å². The third-order valence-corrected chi connectivity index (χ3v) is 2.93. The third-order valence-electron chi connectivity index (χ3n) is 2.93. The quantitative estimate of drug-likeness (QED) is 0.789. The minimum atomic E-state index is -0.320. The highest BCUT2D eigenvalue weighted by Gasteiger charge is 2.13. The molecule has 0 bridgehead atoms. The van der Waals surface area contributed by atoms with Crippen LogP contribution in [-0.4, -0.2) is 38.8 Å². The van der Waals surface area contributed by atoms with Gasteiger partial charge in [-0.05, 0) is 31.2 Å². The van der Waals surface area contributed by atoms with Crippen LogP contribution in [0.1, 0.15) is 6.92 Å². The van der Waals surface area contributed by atoms with E-state index in [1.807, 2.05) is 6.92 Å². The van der Waals surface area contributed by atoms with Gasteiger partial charge in [-0.15, -0.1) is 10.2 Å². The summed E-state index contributed by atoms with van der Waals surface area (Å²) in [4.78, 5) is 12.8. The number of benzene rings is 1. The van der Waals surface area contributed by atoms with Crippen LogP contribution in [0.2, 0.25) is 0 Å². The van der Waals surface area contributed by atoms with Crippen LogP contribution in [0.5, 0.6) is 6.01 Å². The van der Waals surface area contributed by atoms with Crippen LogP contribution in [0, 0.1) is 5.82 Å². The van der Waals surface area contributed by atoms with Crippen molar-refractivity contribution in [3.63, 3.8) is 0 Å². The van der Waals surface area contributed by atoms with Crippen LogP contribution in [-0.2, 0) is 0 Å². The average molecular weight is 300 g/mol. The van der Waals surface area contributed by atoms with E-state index in [0.717, 1.165) is 0 Å². The molecule has 0 aliphatic rings. The Morgan fingerprint density at radius 2 is 1.86 bits per heavy atom. The van der Waals surface area contributed by atoms with E-state index in [0.29, 0.717) is 34.9 Å². The summed E-state index contributed by atoms with van der Waals surface area (Å²) in [5, 5.41) is 11.2. The Bertz CT molecular complexity index is 808. The molecule has 0 amide bonds. The number of aromatic nitrogens is 5. The van der Waals surface area contributed by atoms with Crippen molar-refractivity contribution < 1.29 is 9.13 Å². The molecule has 112 valence electrons. The number of nitrogens with zero attached hydrogens (tertiary/aromatic N) is 5. The number of ether oxygens (including phenoxy) is 1. The van der Waals surface area contributed by atoms with Gasteiger partial charge < -0.3 is 10.1 Å². The molecule has 0 fully saturated rings. The number of anilines is 1. The molecule has 0 saturated carbocycles. The van der Waals surface area contributed by atoms with Gasteiger partial charge in [0.2, 0.25) is 5.65 Å². The summed E-state index contributed by atoms with van der Waals surface area (Å²) < 4.78 is 18.0. The Morgan fingerprint density at radius 1 is 1.09 bits per heavy atom. The van der Waals surface area contributed by atoms with E-state index in [-0.39, 0.29) is 11.8 Å². The number of nitrogens with one attached hydrogen (secondary N) is 1. The van der Waals surface area contributed by atoms with Gasteiger partial charge in [0.05, 0.1) is 7.11 Å². The maximum atomic E-state index is 13.0. The Labute approximate surface area is 125 Å². The molecule has 2 heterocycles. The maximum Gasteiger partial charge on any atom is 0.320 e. The minimum absolute atomic E-state index is 0.189. The lowest BCUT2D eigenvalue weighted by Crippen LogP contribution is -2.06. The molecule has 0 unspecified atom stereocenters. The fourth-order valence-corrected chi connectivity index (χ4v) is 1.92. The molecule has 2 aromatic heterocycles. The fraction of sp³-hybridized carbons (Fsp3) is 0.214. The van der Waals surface area contributed by atoms with Gasteiger partial charge in [-0.3, -0.25) is 0 Å². The van der Waals surface area contributed by atoms with Crippen molar-refractivity contribution in [3.05, 3.63) is 30.1 Å². The molecular formula is C14H13FN6O. The number of methoxy groups -OCH3 is 1. The molecule has 1 aromatic carbocycles. The monoisotopic (exact) mass is 300 g/mol. The summed E-state index contributed by atoms with van der Waals surface area (Å²) >= 11 is 0. The Morgan fingerprint density at radius 3 is 2.55 bits per heavy atom. The summed E-state index contributed by atoms with van der Waals surface area (Å²) in [5.74, 6) is 0.571. The van der Waals surface area contributed by atoms with Crippen molar-refractivity contribution in [2.45, 2.75) is 6.92 Å². The molecule has 0 spiro atoms. The molecule has 0 radical (unpaired) electrons. The standard InChI is InChI=1S/C14H13FN6O/c1-3-16-12-10-13(19-14(18-12)22-2)21-20-11(17-10)8-4-6-9(15)7-5-8/h4-7H,3H2,1-2H3,(H,16,18,19,21). The highest BCUT2D eigenvalue weighted by atomic mass is 19.1. The van der Waals surface area contributed by atoms with Gasteiger partial charge in [-0.25, -0.2) is 9.37 Å². The molecule has 1 N–H and O–H groups in total. The summed E-state index contributed by atoms with van der Waals surface area (Å²) in [6.07, 6.45) is 0. The van der Waals surface area contributed by atoms with Crippen molar-refractivity contribution in [2.24, 2.45) is 0 Å². The zero-order chi connectivity index (χ0) is 15.5. The predicted octanol–water partition coefficient (Wildman–Crippen LogP) is 2.06. The minimum Gasteiger partial charge on any atom is -0.467 e. The number of hydrogen-bond donors (Lipinski definition) is 1. The third kappa shape index (κ3) is 2.62. The lowest BCUT2D eigenvalue weighted by atomic mass is 10.2. The average Bonchev–Trinajstić information content (AvgIpc) is 2.55. The zero-order valence-corrected chi connectivity index (χ0v) is 12.0. The summed E-state index contributed by atoms with van der Waals surface area (Å²) in [6.45, 7) is 2.60. The van der Waals surface area contributed by atoms with Gasteiger partial charge in [-0.1, -0.05) is 0 Å². The van der Waals surface area contributed by atoms with Crippen LogP contribution in [0.25, 0.3) is 22.6 Å². The number of rotatable bonds is 4. The van der Waals surface area contributed by atoms with E-state index in [9.17, 15) is 4.39 Å². The van der Waals surface area contributed by atoms with Crippen molar-refractivity contribution >= 4 is 17.0 Å². The van der Waals surface area contributed by atoms with E-state index in [4.69, 9.17) is 4.74 Å². The lowest BCUT2D eigenvalue weighted by molar-refractivity contribution is 0.382. The number of halogens is 1. The molecule has 0 atom stereocenters. The molecule has 3 rings (SSSR count). The molecule has 0 aliphatic carbocycles. The van der Waals surface area contributed by atoms with Gasteiger partial charge in [0.25, 0.3) is 0 Å². The first kappa shape index (κ1) is 14.1. The van der Waals surface area contributed by atoms with Gasteiger partial charge in [-0.2, -0.15) is 9.97 Å². The first-order valence-corrected chi connectivity index (χ1v) is 6.67. The molecule has 0 saturated heterocycles. The Balaban J connectivity index is 2.15. The van der Waals surface area contributed by atoms with Crippen LogP contribution >= 0.6 is 0 Å². The Hall–Kier alpha value is -2.90. The lowest BCUT2D eigenvalue weighted by Gasteiger charge is -2.08. The van der Waals surface area contributed by atoms with E-state index in [2.05, 4.69) is 30.5 Å². The molecule has 7 nitrogen and oxygen atoms in total. The fourth-order valence-electron chi connectivity index (χ4n) is 1.92. The molecular weight excluding hydrogens is 287 g/mol. The van der Waals surface area contributed by atoms with Crippen LogP contribution in [0.3, 0.4) is 0 Å². The smallest absolute Gasteiger partial charge is 0.320 e. The summed E-state index contributed by atoms with van der Waals surface area (Å²) in [5.41, 5.74) is 1.47. The SMILES string of the molecule is CCNc1nc(OC)nc2nnc(-c3ccc(F)cc3)nc12. The van der Waals surface area contributed by atoms with E-state index in [1.165, 1.54) is 19.2 Å². The summed E-state index contributed by atoms with van der Waals surface area (Å²) in [7, 11) is 1.48. The Kier molecular flexibility index (Phi) is 3.73. The van der Waals surface area contributed by atoms with Crippen LogP contribution in [0.15, 0.2) is 24.3 Å². The van der Waals surface area contributed by atoms with E-state index >= 15 is 0 Å². The van der Waals surface area contributed by atoms with Gasteiger partial charge in [0.1, 0.15) is 5.82 Å². The second kappa shape index (κ2) is 5.84. The van der Waals surface area contributed by atoms with Gasteiger partial charge >= 0.3 is 6.01 Å². The largest absolute Gasteiger partial charge is 0.467 e. The predicted molar refractivity (Wildman–Crippen MR) is 79.0 cm³/mol. The number of hydrogen-bond acceptors (Lipinski definition) is 7. The zero-order valence-electron chi connectivity index (χ0n) is 12.0. The maximum absolute atomic E-state index is 13.0. The highest BCUT2D eigenvalue weighted by molar-refractivity contribution is 5.83. The van der Waals surface area contributed by atoms with E-state index < -0.39 is 0 Å². The molecule has 0 aliphatic heterocycles. The first-order chi connectivity index (χ1) is 10.7. The molecule has 8 heteroatoms. The van der Waals surface area contributed by atoms with Gasteiger partial charge in [0.15, 0.2) is 17.2 Å². The normalized spacial score (nSPS) is 10.7. The molecule has 22 heavy (non-hydrogen) atoms. The number of fused-ring (bicyclic) bond motifs is 1. The van der Waals surface area contributed by atoms with Gasteiger partial charge in [0, 0.05) is 12.1 Å². The first-order valence-electron chi connectivity index (χ1n) is 6.67. The van der Waals surface area contributed by atoms with Crippen molar-refractivity contribution in [3.8, 4) is 17.4 Å². The van der Waals surface area contributed by atoms with Crippen molar-refractivity contribution in [1.82, 2.24) is 25.1 Å². The van der Waals surface area contributed by atoms with Crippen LogP contribution in [0.4, 0.5) is 10.2 Å².